The van der Waals surface area contributed by atoms with Gasteiger partial charge in [0.2, 0.25) is 5.91 Å². The second kappa shape index (κ2) is 23.2. The standard InChI is InChI=1S/C56H65N3O13/c1-33(2)24-43(51-46(60)28-56(6,7)29-47(51)61)57-36-21-18-34(19-22-36)31-70-49(62)26-44(58-54(67)71-32-42-40-16-12-10-14-38(40)39-15-11-13-17-41(39)42)52(64)59(30-35-20-23-37(68-8)25-48(35)69-9)45(53(65)66)27-50(63)72-55(3,4)5/h10-23,25,33,42,44-45,60H,24,26-32H2,1-9H3,(H,58,67)(H,65,66)/t44-,45-/m0/s1. The molecule has 0 bridgehead atoms. The van der Waals surface area contributed by atoms with E-state index >= 15 is 4.79 Å². The lowest BCUT2D eigenvalue weighted by atomic mass is 9.75. The first-order valence-electron chi connectivity index (χ1n) is 23.9. The number of aliphatic hydroxyl groups is 1. The first kappa shape index (κ1) is 53.9. The number of nitrogens with one attached hydrogen (secondary N) is 1. The van der Waals surface area contributed by atoms with Crippen LogP contribution in [0, 0.1) is 11.3 Å². The fourth-order valence-electron chi connectivity index (χ4n) is 8.98. The van der Waals surface area contributed by atoms with Crippen LogP contribution in [-0.2, 0) is 51.3 Å². The zero-order valence-electron chi connectivity index (χ0n) is 42.4. The topological polar surface area (TPSA) is 217 Å². The lowest BCUT2D eigenvalue weighted by Gasteiger charge is -2.33. The molecule has 382 valence electrons. The van der Waals surface area contributed by atoms with E-state index in [0.29, 0.717) is 41.1 Å². The molecular formula is C56H65N3O13. The van der Waals surface area contributed by atoms with Crippen LogP contribution >= 0.6 is 0 Å². The molecule has 0 aliphatic heterocycles. The Labute approximate surface area is 420 Å². The van der Waals surface area contributed by atoms with Crippen LogP contribution < -0.4 is 14.8 Å². The van der Waals surface area contributed by atoms with Crippen LogP contribution in [0.3, 0.4) is 0 Å². The summed E-state index contributed by atoms with van der Waals surface area (Å²) in [6, 6.07) is 23.2. The number of hydrogen-bond acceptors (Lipinski definition) is 13. The molecule has 6 rings (SSSR count). The molecule has 0 unspecified atom stereocenters. The van der Waals surface area contributed by atoms with E-state index in [1.807, 2.05) is 76.2 Å². The second-order valence-corrected chi connectivity index (χ2v) is 20.3. The number of methoxy groups -OCH3 is 2. The van der Waals surface area contributed by atoms with Gasteiger partial charge in [-0.15, -0.1) is 0 Å². The molecular weight excluding hydrogens is 923 g/mol. The van der Waals surface area contributed by atoms with Gasteiger partial charge in [0.15, 0.2) is 5.78 Å². The van der Waals surface area contributed by atoms with E-state index in [4.69, 9.17) is 28.7 Å². The molecule has 2 atom stereocenters. The summed E-state index contributed by atoms with van der Waals surface area (Å²) in [4.78, 5) is 88.1. The second-order valence-electron chi connectivity index (χ2n) is 20.3. The number of ketones is 1. The number of ether oxygens (including phenoxy) is 5. The summed E-state index contributed by atoms with van der Waals surface area (Å²) in [6.07, 6.45) is -1.55. The van der Waals surface area contributed by atoms with Crippen molar-refractivity contribution in [2.75, 3.05) is 20.8 Å². The number of aliphatic imine (C=N–C) groups is 1. The Morgan fingerprint density at radius 3 is 2.03 bits per heavy atom. The Hall–Kier alpha value is -7.49. The summed E-state index contributed by atoms with van der Waals surface area (Å²) in [7, 11) is 2.83. The smallest absolute Gasteiger partial charge is 0.407 e. The van der Waals surface area contributed by atoms with Crippen molar-refractivity contribution >= 4 is 47.1 Å². The molecule has 3 N–H and O–H groups in total. The van der Waals surface area contributed by atoms with Crippen molar-refractivity contribution in [2.24, 2.45) is 16.3 Å². The van der Waals surface area contributed by atoms with Gasteiger partial charge in [0.25, 0.3) is 0 Å². The van der Waals surface area contributed by atoms with Gasteiger partial charge in [-0.2, -0.15) is 0 Å². The lowest BCUT2D eigenvalue weighted by molar-refractivity contribution is -0.163. The number of hydrogen-bond donors (Lipinski definition) is 3. The molecule has 2 amide bonds. The van der Waals surface area contributed by atoms with Crippen molar-refractivity contribution in [3.8, 4) is 22.6 Å². The third-order valence-electron chi connectivity index (χ3n) is 12.2. The number of Topliss-reactive ketones (excluding diaryl/α,β-unsaturated/α-hetero) is 1. The van der Waals surface area contributed by atoms with Gasteiger partial charge in [0.05, 0.1) is 50.6 Å². The normalized spacial score (nSPS) is 15.2. The van der Waals surface area contributed by atoms with Gasteiger partial charge in [-0.05, 0) is 90.6 Å². The Morgan fingerprint density at radius 1 is 0.819 bits per heavy atom. The minimum Gasteiger partial charge on any atom is -0.511 e. The summed E-state index contributed by atoms with van der Waals surface area (Å²) >= 11 is 0. The Morgan fingerprint density at radius 2 is 1.46 bits per heavy atom. The SMILES string of the molecule is COc1ccc(CN(C(=O)[C@H](CC(=O)OCc2ccc(N=C(CC(C)C)C3=C(O)CC(C)(C)CC3=O)cc2)NC(=O)OCC2c3ccccc3-c3ccccc32)[C@@H](CC(=O)OC(C)(C)C)C(=O)O)c(OC)c1. The quantitative estimate of drug-likeness (QED) is 0.0428. The van der Waals surface area contributed by atoms with E-state index in [2.05, 4.69) is 5.32 Å². The number of aliphatic hydroxyl groups excluding tert-OH is 1. The molecule has 16 nitrogen and oxygen atoms in total. The number of amides is 2. The molecule has 0 radical (unpaired) electrons. The Bertz CT molecular complexity index is 2690. The molecule has 0 saturated heterocycles. The molecule has 0 spiro atoms. The van der Waals surface area contributed by atoms with E-state index in [1.165, 1.54) is 20.3 Å². The Kier molecular flexibility index (Phi) is 17.3. The summed E-state index contributed by atoms with van der Waals surface area (Å²) in [5, 5.41) is 24.2. The highest BCUT2D eigenvalue weighted by Gasteiger charge is 2.40. The molecule has 0 heterocycles. The molecule has 2 aliphatic carbocycles. The predicted octanol–water partition coefficient (Wildman–Crippen LogP) is 9.58. The van der Waals surface area contributed by atoms with E-state index in [9.17, 15) is 34.2 Å². The number of carbonyl (C=O) groups is 6. The van der Waals surface area contributed by atoms with Crippen LogP contribution in [-0.4, -0.2) is 95.0 Å². The van der Waals surface area contributed by atoms with Crippen molar-refractivity contribution in [1.29, 1.82) is 0 Å². The number of nitrogens with zero attached hydrogens (tertiary/aromatic N) is 2. The van der Waals surface area contributed by atoms with Crippen molar-refractivity contribution in [3.05, 3.63) is 125 Å². The van der Waals surface area contributed by atoms with E-state index in [1.54, 1.807) is 57.2 Å². The number of allylic oxidation sites excluding steroid dienone is 2. The molecule has 72 heavy (non-hydrogen) atoms. The largest absolute Gasteiger partial charge is 0.511 e. The number of carboxylic acid groups (broad SMARTS) is 1. The first-order valence-corrected chi connectivity index (χ1v) is 23.9. The number of esters is 2. The average molecular weight is 988 g/mol. The lowest BCUT2D eigenvalue weighted by Crippen LogP contribution is -2.55. The maximum Gasteiger partial charge on any atom is 0.407 e. The number of rotatable bonds is 20. The van der Waals surface area contributed by atoms with Crippen molar-refractivity contribution in [3.63, 3.8) is 0 Å². The van der Waals surface area contributed by atoms with Crippen molar-refractivity contribution < 1.29 is 62.7 Å². The van der Waals surface area contributed by atoms with Gasteiger partial charge >= 0.3 is 24.0 Å². The van der Waals surface area contributed by atoms with Crippen molar-refractivity contribution in [2.45, 2.75) is 117 Å². The van der Waals surface area contributed by atoms with Crippen LogP contribution in [0.1, 0.15) is 109 Å². The van der Waals surface area contributed by atoms with E-state index in [-0.39, 0.29) is 59.8 Å². The third-order valence-corrected chi connectivity index (χ3v) is 12.2. The zero-order chi connectivity index (χ0) is 52.5. The number of carbonyl (C=O) groups excluding carboxylic acids is 5. The maximum atomic E-state index is 15.0. The summed E-state index contributed by atoms with van der Waals surface area (Å²) in [5.74, 6) is -4.18. The molecule has 4 aromatic rings. The number of alkyl carbamates (subject to hydrolysis) is 1. The van der Waals surface area contributed by atoms with Gasteiger partial charge in [0, 0.05) is 30.4 Å². The van der Waals surface area contributed by atoms with E-state index < -0.39 is 67.0 Å². The van der Waals surface area contributed by atoms with Crippen LogP contribution in [0.15, 0.2) is 107 Å². The molecule has 0 saturated carbocycles. The highest BCUT2D eigenvalue weighted by molar-refractivity contribution is 6.23. The third kappa shape index (κ3) is 13.9. The summed E-state index contributed by atoms with van der Waals surface area (Å²) < 4.78 is 27.9. The molecule has 0 fully saturated rings. The van der Waals surface area contributed by atoms with E-state index in [0.717, 1.165) is 27.2 Å². The van der Waals surface area contributed by atoms with Gasteiger partial charge in [-0.25, -0.2) is 9.59 Å². The van der Waals surface area contributed by atoms with Crippen molar-refractivity contribution in [1.82, 2.24) is 10.2 Å². The highest BCUT2D eigenvalue weighted by atomic mass is 16.6. The minimum atomic E-state index is -1.85. The predicted molar refractivity (Wildman–Crippen MR) is 269 cm³/mol. The highest BCUT2D eigenvalue weighted by Crippen LogP contribution is 2.44. The van der Waals surface area contributed by atoms with Crippen LogP contribution in [0.25, 0.3) is 11.1 Å². The first-order chi connectivity index (χ1) is 34.1. The van der Waals surface area contributed by atoms with Crippen LogP contribution in [0.4, 0.5) is 10.5 Å². The van der Waals surface area contributed by atoms with Gasteiger partial charge < -0.3 is 44.1 Å². The minimum absolute atomic E-state index is 0.0224. The fourth-order valence-corrected chi connectivity index (χ4v) is 8.98. The van der Waals surface area contributed by atoms with Gasteiger partial charge in [-0.3, -0.25) is 24.2 Å². The average Bonchev–Trinajstić information content (AvgIpc) is 3.63. The molecule has 16 heteroatoms. The summed E-state index contributed by atoms with van der Waals surface area (Å²) in [5.41, 5.74) is 4.57. The van der Waals surface area contributed by atoms with Crippen LogP contribution in [0.2, 0.25) is 0 Å². The zero-order valence-corrected chi connectivity index (χ0v) is 42.4. The molecule has 4 aromatic carbocycles. The van der Waals surface area contributed by atoms with Gasteiger partial charge in [0.1, 0.15) is 48.2 Å². The number of benzene rings is 4. The number of aliphatic carboxylic acids is 1. The number of carboxylic acids is 1. The number of fused-ring (bicyclic) bond motifs is 3. The fraction of sp³-hybridized carbons (Fsp3) is 0.411. The van der Waals surface area contributed by atoms with Gasteiger partial charge in [-0.1, -0.05) is 88.4 Å². The summed E-state index contributed by atoms with van der Waals surface area (Å²) in [6.45, 7) is 11.8. The Balaban J connectivity index is 1.27. The maximum absolute atomic E-state index is 15.0. The monoisotopic (exact) mass is 987 g/mol. The van der Waals surface area contributed by atoms with Crippen LogP contribution in [0.5, 0.6) is 11.5 Å². The molecule has 2 aliphatic rings. The molecule has 0 aromatic heterocycles.